The summed E-state index contributed by atoms with van der Waals surface area (Å²) in [5.74, 6) is 0.911. The Morgan fingerprint density at radius 1 is 1.43 bits per heavy atom. The van der Waals surface area contributed by atoms with Crippen LogP contribution in [0.2, 0.25) is 0 Å². The van der Waals surface area contributed by atoms with Crippen LogP contribution in [0.5, 0.6) is 0 Å². The van der Waals surface area contributed by atoms with Crippen LogP contribution in [-0.2, 0) is 6.54 Å². The van der Waals surface area contributed by atoms with Crippen molar-refractivity contribution in [2.45, 2.75) is 6.54 Å². The van der Waals surface area contributed by atoms with Crippen LogP contribution < -0.4 is 10.4 Å². The maximum atomic E-state index is 5.36. The number of halogens is 1. The summed E-state index contributed by atoms with van der Waals surface area (Å²) in [7, 11) is 0. The van der Waals surface area contributed by atoms with Crippen molar-refractivity contribution in [2.24, 2.45) is 0 Å². The fourth-order valence-electron chi connectivity index (χ4n) is 0.934. The van der Waals surface area contributed by atoms with Crippen LogP contribution in [0.4, 0.5) is 5.88 Å². The highest BCUT2D eigenvalue weighted by atomic mass is 79.9. The van der Waals surface area contributed by atoms with Gasteiger partial charge in [0.05, 0.1) is 4.47 Å². The van der Waals surface area contributed by atoms with Crippen LogP contribution >= 0.6 is 15.9 Å². The average molecular weight is 257 g/mol. The molecule has 0 fully saturated rings. The van der Waals surface area contributed by atoms with Gasteiger partial charge in [0.1, 0.15) is 0 Å². The third-order valence-electron chi connectivity index (χ3n) is 1.50. The second-order valence-corrected chi connectivity index (χ2v) is 3.54. The molecular weight excluding hydrogens is 250 g/mol. The van der Waals surface area contributed by atoms with E-state index in [0.29, 0.717) is 12.4 Å². The summed E-state index contributed by atoms with van der Waals surface area (Å²) < 4.78 is 7.05. The van der Waals surface area contributed by atoms with Crippen molar-refractivity contribution in [1.29, 1.82) is 0 Å². The topological polar surface area (TPSA) is 81.7 Å². The molecule has 2 rings (SSSR count). The van der Waals surface area contributed by atoms with Crippen molar-refractivity contribution in [3.63, 3.8) is 0 Å². The quantitative estimate of drug-likeness (QED) is 0.774. The molecule has 0 atom stereocenters. The zero-order valence-corrected chi connectivity index (χ0v) is 8.68. The summed E-state index contributed by atoms with van der Waals surface area (Å²) in [5.41, 5.74) is 5.36. The zero-order chi connectivity index (χ0) is 9.97. The van der Waals surface area contributed by atoms with Gasteiger partial charge in [-0.2, -0.15) is 0 Å². The normalized spacial score (nSPS) is 10.4. The first-order valence-corrected chi connectivity index (χ1v) is 4.61. The summed E-state index contributed by atoms with van der Waals surface area (Å²) in [6, 6.07) is 0. The molecule has 2 heterocycles. The van der Waals surface area contributed by atoms with Gasteiger partial charge in [0.2, 0.25) is 11.8 Å². The number of nitrogen functional groups attached to an aromatic ring is 1. The Morgan fingerprint density at radius 3 is 2.71 bits per heavy atom. The largest absolute Gasteiger partial charge is 0.362 e. The lowest BCUT2D eigenvalue weighted by Gasteiger charge is -1.90. The van der Waals surface area contributed by atoms with Crippen molar-refractivity contribution in [3.05, 3.63) is 28.9 Å². The monoisotopic (exact) mass is 256 g/mol. The summed E-state index contributed by atoms with van der Waals surface area (Å²) >= 11 is 3.25. The van der Waals surface area contributed by atoms with Gasteiger partial charge in [0, 0.05) is 12.4 Å². The molecule has 0 bridgehead atoms. The van der Waals surface area contributed by atoms with E-state index >= 15 is 0 Å². The molecule has 0 unspecified atom stereocenters. The van der Waals surface area contributed by atoms with Gasteiger partial charge in [-0.3, -0.25) is 4.52 Å². The van der Waals surface area contributed by atoms with Crippen molar-refractivity contribution in [1.82, 2.24) is 15.2 Å². The zero-order valence-electron chi connectivity index (χ0n) is 7.09. The number of nitrogens with zero attached hydrogens (tertiary/aromatic N) is 4. The molecule has 0 aliphatic heterocycles. The Hall–Kier alpha value is -1.50. The van der Waals surface area contributed by atoms with E-state index in [1.165, 1.54) is 4.68 Å². The predicted molar refractivity (Wildman–Crippen MR) is 49.9 cm³/mol. The van der Waals surface area contributed by atoms with Crippen LogP contribution in [0, 0.1) is 0 Å². The molecule has 2 aromatic heterocycles. The Morgan fingerprint density at radius 2 is 2.14 bits per heavy atom. The highest BCUT2D eigenvalue weighted by Gasteiger charge is 2.11. The molecule has 0 saturated heterocycles. The van der Waals surface area contributed by atoms with Gasteiger partial charge in [0.25, 0.3) is 12.1 Å². The van der Waals surface area contributed by atoms with Crippen molar-refractivity contribution in [3.8, 4) is 0 Å². The van der Waals surface area contributed by atoms with E-state index < -0.39 is 0 Å². The minimum absolute atomic E-state index is 0.266. The molecular formula is C7H7BrN5O+. The molecule has 0 saturated carbocycles. The first-order valence-electron chi connectivity index (χ1n) is 3.82. The molecule has 14 heavy (non-hydrogen) atoms. The maximum absolute atomic E-state index is 5.36. The second kappa shape index (κ2) is 3.70. The third-order valence-corrected chi connectivity index (χ3v) is 1.91. The minimum Gasteiger partial charge on any atom is -0.362 e. The standard InChI is InChI=1S/C7H7BrN5O/c8-5-1-10-7(11-2-5)4-13-3-6(9)14-12-13/h1-3H,4,9H2/q+1. The second-order valence-electron chi connectivity index (χ2n) is 2.62. The molecule has 0 aliphatic carbocycles. The van der Waals surface area contributed by atoms with Crippen molar-refractivity contribution in [2.75, 3.05) is 5.73 Å². The van der Waals surface area contributed by atoms with Gasteiger partial charge in [-0.25, -0.2) is 9.97 Å². The smallest absolute Gasteiger partial charge is 0.293 e. The molecule has 0 amide bonds. The highest BCUT2D eigenvalue weighted by Crippen LogP contribution is 2.04. The molecule has 2 N–H and O–H groups in total. The first-order chi connectivity index (χ1) is 6.74. The van der Waals surface area contributed by atoms with Gasteiger partial charge in [-0.15, -0.1) is 0 Å². The Kier molecular flexibility index (Phi) is 2.40. The molecule has 0 aromatic carbocycles. The van der Waals surface area contributed by atoms with E-state index in [4.69, 9.17) is 5.73 Å². The number of hydrogen-bond donors (Lipinski definition) is 1. The Labute approximate surface area is 87.9 Å². The first kappa shape index (κ1) is 9.07. The average Bonchev–Trinajstić information content (AvgIpc) is 2.56. The molecule has 0 spiro atoms. The predicted octanol–water partition coefficient (Wildman–Crippen LogP) is 0.145. The summed E-state index contributed by atoms with van der Waals surface area (Å²) in [4.78, 5) is 8.16. The number of hydrogen-bond acceptors (Lipinski definition) is 5. The van der Waals surface area contributed by atoms with E-state index in [1.807, 2.05) is 0 Å². The lowest BCUT2D eigenvalue weighted by atomic mass is 10.5. The van der Waals surface area contributed by atoms with E-state index in [1.54, 1.807) is 18.6 Å². The van der Waals surface area contributed by atoms with E-state index in [9.17, 15) is 0 Å². The van der Waals surface area contributed by atoms with Gasteiger partial charge >= 0.3 is 0 Å². The summed E-state index contributed by atoms with van der Waals surface area (Å²) in [5, 5.41) is 3.66. The number of anilines is 1. The minimum atomic E-state index is 0.266. The van der Waals surface area contributed by atoms with E-state index in [0.717, 1.165) is 4.47 Å². The van der Waals surface area contributed by atoms with Gasteiger partial charge in [-0.05, 0) is 20.6 Å². The van der Waals surface area contributed by atoms with Crippen LogP contribution in [0.1, 0.15) is 5.82 Å². The summed E-state index contributed by atoms with van der Waals surface area (Å²) in [6.07, 6.45) is 4.92. The Bertz CT molecular complexity index is 426. The van der Waals surface area contributed by atoms with Crippen LogP contribution in [0.25, 0.3) is 0 Å². The Balaban J connectivity index is 2.15. The van der Waals surface area contributed by atoms with Crippen LogP contribution in [0.15, 0.2) is 27.6 Å². The fraction of sp³-hybridized carbons (Fsp3) is 0.143. The van der Waals surface area contributed by atoms with Gasteiger partial charge < -0.3 is 5.73 Å². The van der Waals surface area contributed by atoms with Gasteiger partial charge in [0.15, 0.2) is 5.82 Å². The molecule has 0 radical (unpaired) electrons. The van der Waals surface area contributed by atoms with Crippen molar-refractivity contribution < 1.29 is 9.20 Å². The number of nitrogens with two attached hydrogens (primary N) is 1. The van der Waals surface area contributed by atoms with Crippen LogP contribution in [0.3, 0.4) is 0 Å². The molecule has 7 heteroatoms. The molecule has 72 valence electrons. The lowest BCUT2D eigenvalue weighted by molar-refractivity contribution is -0.755. The van der Waals surface area contributed by atoms with Crippen molar-refractivity contribution >= 4 is 21.8 Å². The maximum Gasteiger partial charge on any atom is 0.293 e. The van der Waals surface area contributed by atoms with E-state index in [-0.39, 0.29) is 5.88 Å². The fourth-order valence-corrected chi connectivity index (χ4v) is 1.14. The number of aromatic nitrogens is 4. The molecule has 0 aliphatic rings. The molecule has 6 nitrogen and oxygen atoms in total. The van der Waals surface area contributed by atoms with E-state index in [2.05, 4.69) is 35.7 Å². The van der Waals surface area contributed by atoms with Crippen LogP contribution in [-0.4, -0.2) is 15.2 Å². The number of rotatable bonds is 2. The highest BCUT2D eigenvalue weighted by molar-refractivity contribution is 9.10. The molecule has 2 aromatic rings. The third kappa shape index (κ3) is 2.05. The SMILES string of the molecule is Nc1c[n+](Cc2ncc(Br)cn2)no1. The summed E-state index contributed by atoms with van der Waals surface area (Å²) in [6.45, 7) is 0.438. The van der Waals surface area contributed by atoms with Gasteiger partial charge in [-0.1, -0.05) is 0 Å². The lowest BCUT2D eigenvalue weighted by Crippen LogP contribution is -2.36.